The first-order valence-corrected chi connectivity index (χ1v) is 11.9. The highest BCUT2D eigenvalue weighted by Gasteiger charge is 2.39. The van der Waals surface area contributed by atoms with Crippen LogP contribution in [0.3, 0.4) is 0 Å². The first kappa shape index (κ1) is 22.8. The Hall–Kier alpha value is -3.38. The molecule has 0 radical (unpaired) electrons. The van der Waals surface area contributed by atoms with Crippen molar-refractivity contribution < 1.29 is 14.0 Å². The molecule has 1 N–H and O–H groups in total. The van der Waals surface area contributed by atoms with Gasteiger partial charge in [0.1, 0.15) is 5.82 Å². The standard InChI is InChI=1S/C27H25FN2O2S/c1-16-9-12-19(13-10-16)25(31)23-24(21-7-5-6-8-22(21)28)29-27(32)30(26(23)33-4)20-14-11-17(2)18(3)15-20/h5-15,24H,1-4H3,(H,29,32). The molecule has 0 aliphatic carbocycles. The molecule has 3 aromatic rings. The second kappa shape index (κ2) is 9.24. The molecular weight excluding hydrogens is 435 g/mol. The molecule has 1 aliphatic heterocycles. The van der Waals surface area contributed by atoms with Gasteiger partial charge < -0.3 is 5.32 Å². The Bertz CT molecular complexity index is 1270. The summed E-state index contributed by atoms with van der Waals surface area (Å²) >= 11 is 1.30. The second-order valence-electron chi connectivity index (χ2n) is 8.13. The average Bonchev–Trinajstić information content (AvgIpc) is 2.80. The van der Waals surface area contributed by atoms with E-state index in [1.54, 1.807) is 30.3 Å². The van der Waals surface area contributed by atoms with E-state index in [-0.39, 0.29) is 11.3 Å². The number of ketones is 1. The zero-order valence-corrected chi connectivity index (χ0v) is 19.8. The number of halogens is 1. The fraction of sp³-hybridized carbons (Fsp3) is 0.185. The highest BCUT2D eigenvalue weighted by molar-refractivity contribution is 8.02. The third-order valence-corrected chi connectivity index (χ3v) is 6.70. The molecule has 0 bridgehead atoms. The second-order valence-corrected chi connectivity index (χ2v) is 8.92. The number of benzene rings is 3. The van der Waals surface area contributed by atoms with E-state index in [0.29, 0.717) is 21.9 Å². The van der Waals surface area contributed by atoms with Gasteiger partial charge in [0.15, 0.2) is 5.78 Å². The number of Topliss-reactive ketones (excluding diaryl/α,β-unsaturated/α-hetero) is 1. The molecule has 6 heteroatoms. The van der Waals surface area contributed by atoms with Gasteiger partial charge in [-0.05, 0) is 56.4 Å². The Kier molecular flexibility index (Phi) is 6.38. The molecule has 0 spiro atoms. The molecule has 4 nitrogen and oxygen atoms in total. The van der Waals surface area contributed by atoms with E-state index in [9.17, 15) is 14.0 Å². The lowest BCUT2D eigenvalue weighted by atomic mass is 9.90. The molecule has 0 saturated heterocycles. The summed E-state index contributed by atoms with van der Waals surface area (Å²) in [6.07, 6.45) is 1.82. The van der Waals surface area contributed by atoms with Gasteiger partial charge in [0.05, 0.1) is 22.3 Å². The molecule has 4 rings (SSSR count). The Balaban J connectivity index is 1.95. The van der Waals surface area contributed by atoms with Gasteiger partial charge in [0, 0.05) is 11.1 Å². The number of thioether (sulfide) groups is 1. The number of carbonyl (C=O) groups excluding carboxylic acids is 2. The molecule has 1 heterocycles. The van der Waals surface area contributed by atoms with Gasteiger partial charge in [-0.3, -0.25) is 9.69 Å². The summed E-state index contributed by atoms with van der Waals surface area (Å²) in [4.78, 5) is 28.7. The minimum absolute atomic E-state index is 0.249. The van der Waals surface area contributed by atoms with Crippen molar-refractivity contribution in [3.8, 4) is 0 Å². The van der Waals surface area contributed by atoms with Crippen molar-refractivity contribution in [1.82, 2.24) is 5.32 Å². The maximum atomic E-state index is 14.8. The van der Waals surface area contributed by atoms with Crippen LogP contribution in [0.1, 0.15) is 38.7 Å². The van der Waals surface area contributed by atoms with Gasteiger partial charge in [-0.1, -0.05) is 54.1 Å². The number of carbonyl (C=O) groups is 2. The quantitative estimate of drug-likeness (QED) is 0.444. The summed E-state index contributed by atoms with van der Waals surface area (Å²) in [5.74, 6) is -0.724. The Morgan fingerprint density at radius 2 is 1.67 bits per heavy atom. The maximum Gasteiger partial charge on any atom is 0.327 e. The van der Waals surface area contributed by atoms with Crippen LogP contribution in [0.15, 0.2) is 77.3 Å². The van der Waals surface area contributed by atoms with Crippen molar-refractivity contribution in [3.05, 3.63) is 111 Å². The summed E-state index contributed by atoms with van der Waals surface area (Å²) in [5.41, 5.74) is 4.90. The lowest BCUT2D eigenvalue weighted by Gasteiger charge is -2.36. The predicted octanol–water partition coefficient (Wildman–Crippen LogP) is 6.48. The molecule has 0 aromatic heterocycles. The van der Waals surface area contributed by atoms with E-state index in [1.165, 1.54) is 22.7 Å². The third-order valence-electron chi connectivity index (χ3n) is 5.91. The predicted molar refractivity (Wildman–Crippen MR) is 132 cm³/mol. The summed E-state index contributed by atoms with van der Waals surface area (Å²) in [5, 5.41) is 3.37. The summed E-state index contributed by atoms with van der Waals surface area (Å²) < 4.78 is 14.8. The van der Waals surface area contributed by atoms with Gasteiger partial charge in [-0.25, -0.2) is 9.18 Å². The molecule has 2 amide bonds. The number of hydrogen-bond donors (Lipinski definition) is 1. The van der Waals surface area contributed by atoms with Crippen LogP contribution in [0.25, 0.3) is 0 Å². The van der Waals surface area contributed by atoms with Crippen molar-refractivity contribution in [2.45, 2.75) is 26.8 Å². The maximum absolute atomic E-state index is 14.8. The molecule has 0 fully saturated rings. The molecule has 3 aromatic carbocycles. The van der Waals surface area contributed by atoms with Crippen LogP contribution >= 0.6 is 11.8 Å². The van der Waals surface area contributed by atoms with Crippen molar-refractivity contribution >= 4 is 29.3 Å². The lowest BCUT2D eigenvalue weighted by molar-refractivity contribution is 0.102. The first-order chi connectivity index (χ1) is 15.8. The molecule has 1 aliphatic rings. The zero-order valence-electron chi connectivity index (χ0n) is 19.0. The van der Waals surface area contributed by atoms with Crippen molar-refractivity contribution in [2.24, 2.45) is 0 Å². The third kappa shape index (κ3) is 4.31. The van der Waals surface area contributed by atoms with E-state index in [4.69, 9.17) is 0 Å². The molecule has 33 heavy (non-hydrogen) atoms. The fourth-order valence-electron chi connectivity index (χ4n) is 3.93. The van der Waals surface area contributed by atoms with E-state index in [2.05, 4.69) is 5.32 Å². The first-order valence-electron chi connectivity index (χ1n) is 10.6. The monoisotopic (exact) mass is 460 g/mol. The van der Waals surface area contributed by atoms with Gasteiger partial charge in [0.2, 0.25) is 0 Å². The Morgan fingerprint density at radius 3 is 2.30 bits per heavy atom. The number of aryl methyl sites for hydroxylation is 3. The number of amides is 2. The summed E-state index contributed by atoms with van der Waals surface area (Å²) in [7, 11) is 0. The number of urea groups is 1. The van der Waals surface area contributed by atoms with Crippen LogP contribution in [-0.4, -0.2) is 18.1 Å². The summed E-state index contributed by atoms with van der Waals surface area (Å²) in [6.45, 7) is 5.93. The van der Waals surface area contributed by atoms with Crippen LogP contribution in [-0.2, 0) is 0 Å². The van der Waals surface area contributed by atoms with E-state index in [1.807, 2.05) is 57.4 Å². The number of rotatable bonds is 5. The van der Waals surface area contributed by atoms with Gasteiger partial charge in [-0.15, -0.1) is 11.8 Å². The van der Waals surface area contributed by atoms with Crippen molar-refractivity contribution in [1.29, 1.82) is 0 Å². The van der Waals surface area contributed by atoms with Gasteiger partial charge >= 0.3 is 6.03 Å². The average molecular weight is 461 g/mol. The minimum Gasteiger partial charge on any atom is -0.326 e. The SMILES string of the molecule is CSC1=C(C(=O)c2ccc(C)cc2)C(c2ccccc2F)NC(=O)N1c1ccc(C)c(C)c1. The summed E-state index contributed by atoms with van der Waals surface area (Å²) in [6, 6.07) is 17.9. The lowest BCUT2D eigenvalue weighted by Crippen LogP contribution is -2.48. The Labute approximate surface area is 197 Å². The van der Waals surface area contributed by atoms with Crippen molar-refractivity contribution in [2.75, 3.05) is 11.2 Å². The van der Waals surface area contributed by atoms with E-state index < -0.39 is 17.9 Å². The normalized spacial score (nSPS) is 16.1. The molecule has 0 saturated carbocycles. The highest BCUT2D eigenvalue weighted by atomic mass is 32.2. The van der Waals surface area contributed by atoms with Gasteiger partial charge in [-0.2, -0.15) is 0 Å². The smallest absolute Gasteiger partial charge is 0.326 e. The fourth-order valence-corrected chi connectivity index (χ4v) is 4.73. The van der Waals surface area contributed by atoms with Crippen LogP contribution in [0, 0.1) is 26.6 Å². The molecule has 1 unspecified atom stereocenters. The molecular formula is C27H25FN2O2S. The number of nitrogens with zero attached hydrogens (tertiary/aromatic N) is 1. The molecule has 168 valence electrons. The van der Waals surface area contributed by atoms with Crippen molar-refractivity contribution in [3.63, 3.8) is 0 Å². The number of nitrogens with one attached hydrogen (secondary N) is 1. The van der Waals surface area contributed by atoms with Crippen LogP contribution in [0.5, 0.6) is 0 Å². The number of hydrogen-bond acceptors (Lipinski definition) is 3. The highest BCUT2D eigenvalue weighted by Crippen LogP contribution is 2.40. The van der Waals surface area contributed by atoms with Crippen LogP contribution < -0.4 is 10.2 Å². The topological polar surface area (TPSA) is 49.4 Å². The van der Waals surface area contributed by atoms with Crippen LogP contribution in [0.4, 0.5) is 14.9 Å². The largest absolute Gasteiger partial charge is 0.327 e. The molecule has 1 atom stereocenters. The van der Waals surface area contributed by atoms with Gasteiger partial charge in [0.25, 0.3) is 0 Å². The van der Waals surface area contributed by atoms with E-state index in [0.717, 1.165) is 16.7 Å². The van der Waals surface area contributed by atoms with Crippen LogP contribution in [0.2, 0.25) is 0 Å². The number of anilines is 1. The zero-order chi connectivity index (χ0) is 23.7. The minimum atomic E-state index is -0.905. The van der Waals surface area contributed by atoms with E-state index >= 15 is 0 Å². The Morgan fingerprint density at radius 1 is 0.970 bits per heavy atom.